The fraction of sp³-hybridized carbons (Fsp3) is 0.400. The van der Waals surface area contributed by atoms with Crippen molar-refractivity contribution in [2.75, 3.05) is 5.32 Å². The monoisotopic (exact) mass is 404 g/mol. The zero-order valence-corrected chi connectivity index (χ0v) is 18.2. The number of rotatable bonds is 3. The van der Waals surface area contributed by atoms with E-state index in [-0.39, 0.29) is 12.1 Å². The van der Waals surface area contributed by atoms with E-state index < -0.39 is 0 Å². The van der Waals surface area contributed by atoms with E-state index >= 15 is 0 Å². The molecule has 0 saturated carbocycles. The highest BCUT2D eigenvalue weighted by molar-refractivity contribution is 7.16. The Balaban J connectivity index is 1.46. The molecule has 2 atom stereocenters. The molecule has 0 spiro atoms. The fourth-order valence-electron chi connectivity index (χ4n) is 4.81. The van der Waals surface area contributed by atoms with Crippen LogP contribution in [0.3, 0.4) is 0 Å². The van der Waals surface area contributed by atoms with Gasteiger partial charge in [-0.1, -0.05) is 63.6 Å². The predicted octanol–water partition coefficient (Wildman–Crippen LogP) is 6.30. The number of amides is 1. The molecule has 0 fully saturated rings. The Bertz CT molecular complexity index is 1100. The van der Waals surface area contributed by atoms with Gasteiger partial charge < -0.3 is 10.6 Å². The van der Waals surface area contributed by atoms with Crippen LogP contribution < -0.4 is 10.6 Å². The standard InChI is InChI=1S/C25H28N2OS/c1-4-25(2,3)18-11-12-19-20(14-18)29-24-21(19)23(28)26-22(27-24)17-10-9-15-7-5-6-8-16(15)13-17/h5-10,13,18,22,27H,4,11-12,14H2,1-3H3,(H,26,28)/t18-,22+/m1/s1. The molecular formula is C25H28N2OS. The predicted molar refractivity (Wildman–Crippen MR) is 122 cm³/mol. The number of thiophene rings is 1. The highest BCUT2D eigenvalue weighted by Gasteiger charge is 2.37. The summed E-state index contributed by atoms with van der Waals surface area (Å²) < 4.78 is 0. The lowest BCUT2D eigenvalue weighted by molar-refractivity contribution is 0.0934. The highest BCUT2D eigenvalue weighted by atomic mass is 32.1. The van der Waals surface area contributed by atoms with Gasteiger partial charge in [-0.25, -0.2) is 0 Å². The van der Waals surface area contributed by atoms with Crippen LogP contribution in [0.1, 0.15) is 66.1 Å². The Morgan fingerprint density at radius 1 is 1.10 bits per heavy atom. The molecule has 1 aliphatic heterocycles. The van der Waals surface area contributed by atoms with Gasteiger partial charge in [-0.15, -0.1) is 11.3 Å². The summed E-state index contributed by atoms with van der Waals surface area (Å²) >= 11 is 1.80. The van der Waals surface area contributed by atoms with Crippen LogP contribution in [0, 0.1) is 11.3 Å². The lowest BCUT2D eigenvalue weighted by Gasteiger charge is -2.36. The smallest absolute Gasteiger partial charge is 0.256 e. The third kappa shape index (κ3) is 3.14. The van der Waals surface area contributed by atoms with Crippen LogP contribution >= 0.6 is 11.3 Å². The minimum Gasteiger partial charge on any atom is -0.353 e. The van der Waals surface area contributed by atoms with Crippen LogP contribution in [0.4, 0.5) is 5.00 Å². The van der Waals surface area contributed by atoms with E-state index in [2.05, 4.69) is 73.9 Å². The summed E-state index contributed by atoms with van der Waals surface area (Å²) in [6.45, 7) is 7.06. The second-order valence-corrected chi connectivity index (χ2v) is 10.3. The topological polar surface area (TPSA) is 41.1 Å². The molecule has 150 valence electrons. The van der Waals surface area contributed by atoms with Gasteiger partial charge in [-0.3, -0.25) is 4.79 Å². The number of hydrogen-bond acceptors (Lipinski definition) is 3. The molecule has 0 radical (unpaired) electrons. The maximum absolute atomic E-state index is 13.1. The number of hydrogen-bond donors (Lipinski definition) is 2. The van der Waals surface area contributed by atoms with Crippen molar-refractivity contribution in [3.63, 3.8) is 0 Å². The summed E-state index contributed by atoms with van der Waals surface area (Å²) in [6.07, 6.45) is 4.32. The minimum atomic E-state index is -0.178. The molecule has 3 nitrogen and oxygen atoms in total. The van der Waals surface area contributed by atoms with Crippen molar-refractivity contribution in [1.82, 2.24) is 5.32 Å². The maximum Gasteiger partial charge on any atom is 0.256 e. The summed E-state index contributed by atoms with van der Waals surface area (Å²) in [5.41, 5.74) is 3.63. The van der Waals surface area contributed by atoms with E-state index in [1.807, 2.05) is 0 Å². The van der Waals surface area contributed by atoms with Crippen molar-refractivity contribution in [3.8, 4) is 0 Å². The number of nitrogens with one attached hydrogen (secondary N) is 2. The summed E-state index contributed by atoms with van der Waals surface area (Å²) in [6, 6.07) is 14.8. The first-order valence-electron chi connectivity index (χ1n) is 10.7. The van der Waals surface area contributed by atoms with E-state index in [4.69, 9.17) is 0 Å². The molecule has 5 rings (SSSR count). The first-order chi connectivity index (χ1) is 14.0. The molecule has 0 saturated heterocycles. The van der Waals surface area contributed by atoms with E-state index in [0.717, 1.165) is 29.0 Å². The van der Waals surface area contributed by atoms with Crippen molar-refractivity contribution < 1.29 is 4.79 Å². The van der Waals surface area contributed by atoms with Crippen LogP contribution in [-0.2, 0) is 12.8 Å². The fourth-order valence-corrected chi connectivity index (χ4v) is 6.16. The Hall–Kier alpha value is -2.33. The van der Waals surface area contributed by atoms with Crippen LogP contribution in [0.25, 0.3) is 10.8 Å². The number of anilines is 1. The summed E-state index contributed by atoms with van der Waals surface area (Å²) in [5.74, 6) is 0.766. The normalized spacial score (nSPS) is 21.3. The van der Waals surface area contributed by atoms with E-state index in [0.29, 0.717) is 11.3 Å². The Kier molecular flexibility index (Phi) is 4.43. The zero-order valence-electron chi connectivity index (χ0n) is 17.3. The number of carbonyl (C=O) groups excluding carboxylic acids is 1. The SMILES string of the molecule is CCC(C)(C)[C@@H]1CCc2c(sc3c2C(=O)N[C@H](c2ccc4ccccc4c2)N3)C1. The molecule has 2 heterocycles. The second-order valence-electron chi connectivity index (χ2n) is 9.15. The molecule has 0 bridgehead atoms. The van der Waals surface area contributed by atoms with Gasteiger partial charge in [0.05, 0.1) is 5.56 Å². The number of carbonyl (C=O) groups is 1. The third-order valence-electron chi connectivity index (χ3n) is 7.17. The third-order valence-corrected chi connectivity index (χ3v) is 8.35. The van der Waals surface area contributed by atoms with Crippen LogP contribution in [0.2, 0.25) is 0 Å². The van der Waals surface area contributed by atoms with Crippen molar-refractivity contribution >= 4 is 33.0 Å². The van der Waals surface area contributed by atoms with Crippen molar-refractivity contribution in [1.29, 1.82) is 0 Å². The molecule has 29 heavy (non-hydrogen) atoms. The number of fused-ring (bicyclic) bond motifs is 4. The molecule has 1 aromatic heterocycles. The molecule has 1 aliphatic carbocycles. The molecule has 1 amide bonds. The lowest BCUT2D eigenvalue weighted by Crippen LogP contribution is -2.38. The quantitative estimate of drug-likeness (QED) is 0.538. The second kappa shape index (κ2) is 6.88. The molecule has 2 N–H and O–H groups in total. The van der Waals surface area contributed by atoms with Crippen molar-refractivity contribution in [3.05, 3.63) is 64.0 Å². The van der Waals surface area contributed by atoms with Gasteiger partial charge in [-0.2, -0.15) is 0 Å². The van der Waals surface area contributed by atoms with Crippen LogP contribution in [0.5, 0.6) is 0 Å². The Labute approximate surface area is 176 Å². The number of benzene rings is 2. The Morgan fingerprint density at radius 2 is 1.90 bits per heavy atom. The van der Waals surface area contributed by atoms with E-state index in [9.17, 15) is 4.79 Å². The van der Waals surface area contributed by atoms with Gasteiger partial charge in [0, 0.05) is 4.88 Å². The average Bonchev–Trinajstić information content (AvgIpc) is 3.11. The molecule has 2 aromatic carbocycles. The van der Waals surface area contributed by atoms with Crippen LogP contribution in [-0.4, -0.2) is 5.91 Å². The molecule has 3 aromatic rings. The van der Waals surface area contributed by atoms with Crippen LogP contribution in [0.15, 0.2) is 42.5 Å². The van der Waals surface area contributed by atoms with Gasteiger partial charge in [0.15, 0.2) is 0 Å². The lowest BCUT2D eigenvalue weighted by atomic mass is 9.69. The molecule has 2 aliphatic rings. The largest absolute Gasteiger partial charge is 0.353 e. The van der Waals surface area contributed by atoms with Crippen molar-refractivity contribution in [2.24, 2.45) is 11.3 Å². The van der Waals surface area contributed by atoms with E-state index in [1.54, 1.807) is 11.3 Å². The first-order valence-corrected chi connectivity index (χ1v) is 11.5. The summed E-state index contributed by atoms with van der Waals surface area (Å²) in [5, 5.41) is 10.3. The van der Waals surface area contributed by atoms with Gasteiger partial charge in [0.25, 0.3) is 5.91 Å². The van der Waals surface area contributed by atoms with Gasteiger partial charge in [0.1, 0.15) is 11.2 Å². The molecule has 0 unspecified atom stereocenters. The molecule has 4 heteroatoms. The maximum atomic E-state index is 13.1. The van der Waals surface area contributed by atoms with Gasteiger partial charge in [0.2, 0.25) is 0 Å². The Morgan fingerprint density at radius 3 is 2.69 bits per heavy atom. The highest BCUT2D eigenvalue weighted by Crippen LogP contribution is 2.47. The zero-order chi connectivity index (χ0) is 20.2. The first kappa shape index (κ1) is 18.7. The van der Waals surface area contributed by atoms with E-state index in [1.165, 1.54) is 34.1 Å². The average molecular weight is 405 g/mol. The van der Waals surface area contributed by atoms with Gasteiger partial charge in [-0.05, 0) is 58.6 Å². The van der Waals surface area contributed by atoms with Gasteiger partial charge >= 0.3 is 0 Å². The molecular weight excluding hydrogens is 376 g/mol. The summed E-state index contributed by atoms with van der Waals surface area (Å²) in [7, 11) is 0. The minimum absolute atomic E-state index is 0.0719. The summed E-state index contributed by atoms with van der Waals surface area (Å²) in [4.78, 5) is 14.5. The van der Waals surface area contributed by atoms with Crippen molar-refractivity contribution in [2.45, 2.75) is 52.6 Å².